The third-order valence-electron chi connectivity index (χ3n) is 7.55. The average Bonchev–Trinajstić information content (AvgIpc) is 3.16. The summed E-state index contributed by atoms with van der Waals surface area (Å²) in [4.78, 5) is 12.7. The van der Waals surface area contributed by atoms with Crippen molar-refractivity contribution >= 4 is 17.7 Å². The van der Waals surface area contributed by atoms with Crippen LogP contribution in [0.5, 0.6) is 0 Å². The number of likely N-dealkylation sites (tertiary alicyclic amines) is 1. The van der Waals surface area contributed by atoms with Crippen LogP contribution < -0.4 is 5.32 Å². The molecule has 2 fully saturated rings. The maximum Gasteiger partial charge on any atom is 0.124 e. The third-order valence-corrected chi connectivity index (χ3v) is 7.55. The van der Waals surface area contributed by atoms with Gasteiger partial charge in [0.2, 0.25) is 0 Å². The van der Waals surface area contributed by atoms with Crippen molar-refractivity contribution in [2.75, 3.05) is 26.7 Å². The first kappa shape index (κ1) is 31.2. The van der Waals surface area contributed by atoms with Gasteiger partial charge in [0.25, 0.3) is 0 Å². The van der Waals surface area contributed by atoms with Crippen molar-refractivity contribution in [2.24, 2.45) is 11.8 Å². The van der Waals surface area contributed by atoms with Crippen molar-refractivity contribution in [2.45, 2.75) is 71.6 Å². The predicted octanol–water partition coefficient (Wildman–Crippen LogP) is 6.15. The van der Waals surface area contributed by atoms with Gasteiger partial charge in [0.05, 0.1) is 0 Å². The molecule has 0 bridgehead atoms. The predicted molar refractivity (Wildman–Crippen MR) is 150 cm³/mol. The summed E-state index contributed by atoms with van der Waals surface area (Å²) < 4.78 is 1.93. The van der Waals surface area contributed by atoms with Gasteiger partial charge in [-0.3, -0.25) is 4.68 Å². The maximum absolute atomic E-state index is 10.3. The quantitative estimate of drug-likeness (QED) is 0.158. The Morgan fingerprint density at radius 1 is 1.14 bits per heavy atom. The third kappa shape index (κ3) is 10.0. The van der Waals surface area contributed by atoms with Crippen molar-refractivity contribution in [3.8, 4) is 0 Å². The molecule has 1 saturated carbocycles. The SMILES string of the molecule is C=C(/C=C(/NCC1CCN(C)CC1)n1nc[c-]c1C)c1ccccc1CC.O=CC1CCCCCC1.[W]. The number of aromatic nitrogens is 2. The number of rotatable bonds is 8. The van der Waals surface area contributed by atoms with Crippen LogP contribution in [0, 0.1) is 24.8 Å². The molecule has 1 aromatic carbocycles. The van der Waals surface area contributed by atoms with Gasteiger partial charge in [-0.1, -0.05) is 70.4 Å². The van der Waals surface area contributed by atoms with Gasteiger partial charge < -0.3 is 21.1 Å². The van der Waals surface area contributed by atoms with Gasteiger partial charge in [-0.15, -0.1) is 11.9 Å². The molecule has 0 unspecified atom stereocenters. The van der Waals surface area contributed by atoms with Crippen molar-refractivity contribution < 1.29 is 25.9 Å². The fourth-order valence-corrected chi connectivity index (χ4v) is 5.10. The topological polar surface area (TPSA) is 50.2 Å². The van der Waals surface area contributed by atoms with Crippen molar-refractivity contribution in [1.29, 1.82) is 0 Å². The molecule has 2 heterocycles. The van der Waals surface area contributed by atoms with E-state index in [1.54, 1.807) is 6.20 Å². The minimum atomic E-state index is 0. The minimum absolute atomic E-state index is 0. The first-order valence-corrected chi connectivity index (χ1v) is 13.8. The number of hydrogen-bond donors (Lipinski definition) is 1. The molecule has 1 aliphatic carbocycles. The number of nitrogens with one attached hydrogen (secondary N) is 1. The summed E-state index contributed by atoms with van der Waals surface area (Å²) in [6, 6.07) is 11.6. The molecule has 1 saturated heterocycles. The first-order valence-electron chi connectivity index (χ1n) is 13.8. The van der Waals surface area contributed by atoms with Gasteiger partial charge >= 0.3 is 0 Å². The molecular formula is C31H45N4OW-. The molecule has 2 aliphatic rings. The first-order chi connectivity index (χ1) is 17.5. The summed E-state index contributed by atoms with van der Waals surface area (Å²) >= 11 is 0. The van der Waals surface area contributed by atoms with E-state index in [4.69, 9.17) is 0 Å². The van der Waals surface area contributed by atoms with Gasteiger partial charge in [-0.25, -0.2) is 5.10 Å². The number of nitrogens with zero attached hydrogens (tertiary/aromatic N) is 3. The van der Waals surface area contributed by atoms with Gasteiger partial charge in [0.1, 0.15) is 12.1 Å². The number of carbonyl (C=O) groups is 1. The number of benzene rings is 1. The van der Waals surface area contributed by atoms with Crippen LogP contribution in [0.15, 0.2) is 43.1 Å². The Morgan fingerprint density at radius 2 is 1.81 bits per heavy atom. The summed E-state index contributed by atoms with van der Waals surface area (Å²) in [6.45, 7) is 11.9. The summed E-state index contributed by atoms with van der Waals surface area (Å²) in [5.74, 6) is 2.07. The Bertz CT molecular complexity index is 983. The molecular weight excluding hydrogens is 628 g/mol. The van der Waals surface area contributed by atoms with Crippen LogP contribution in [0.1, 0.15) is 75.1 Å². The number of allylic oxidation sites excluding steroid dienone is 2. The molecule has 4 rings (SSSR count). The van der Waals surface area contributed by atoms with E-state index in [0.29, 0.717) is 11.8 Å². The molecule has 0 atom stereocenters. The van der Waals surface area contributed by atoms with Crippen molar-refractivity contribution in [1.82, 2.24) is 20.0 Å². The van der Waals surface area contributed by atoms with Crippen LogP contribution in [0.25, 0.3) is 11.4 Å². The zero-order valence-corrected chi connectivity index (χ0v) is 26.0. The van der Waals surface area contributed by atoms with Crippen LogP contribution in [0.4, 0.5) is 0 Å². The molecule has 1 aromatic heterocycles. The molecule has 6 heteroatoms. The molecule has 202 valence electrons. The van der Waals surface area contributed by atoms with Crippen LogP contribution >= 0.6 is 0 Å². The number of aryl methyl sites for hydroxylation is 2. The van der Waals surface area contributed by atoms with Gasteiger partial charge in [0, 0.05) is 33.5 Å². The second-order valence-electron chi connectivity index (χ2n) is 10.4. The molecule has 1 aliphatic heterocycles. The molecule has 5 nitrogen and oxygen atoms in total. The van der Waals surface area contributed by atoms with E-state index in [-0.39, 0.29) is 21.1 Å². The molecule has 0 amide bonds. The molecule has 2 aromatic rings. The van der Waals surface area contributed by atoms with Crippen LogP contribution in [0.3, 0.4) is 0 Å². The van der Waals surface area contributed by atoms with Crippen molar-refractivity contribution in [3.63, 3.8) is 0 Å². The van der Waals surface area contributed by atoms with E-state index in [9.17, 15) is 4.79 Å². The van der Waals surface area contributed by atoms with Crippen LogP contribution in [-0.2, 0) is 32.3 Å². The number of piperidine rings is 1. The average molecular weight is 674 g/mol. The minimum Gasteiger partial charge on any atom is -0.429 e. The monoisotopic (exact) mass is 673 g/mol. The Morgan fingerprint density at radius 3 is 2.41 bits per heavy atom. The standard InChI is InChI=1S/C23H31N4.C8H14O.W/c1-5-21-8-6-7-9-22(21)18(2)16-23(27-19(3)10-13-25-27)24-17-20-11-14-26(4)15-12-20;9-7-8-5-3-1-2-4-6-8;/h6-9,13,16,20,24H,2,5,11-12,14-15,17H2,1,3-4H3;7-8H,1-6H2;/q-1;;/b23-16-;;. The molecule has 0 spiro atoms. The van der Waals surface area contributed by atoms with E-state index in [1.165, 1.54) is 62.7 Å². The fraction of sp³-hybridized carbons (Fsp3) is 0.548. The Labute approximate surface area is 239 Å². The molecule has 37 heavy (non-hydrogen) atoms. The van der Waals surface area contributed by atoms with E-state index in [0.717, 1.165) is 49.2 Å². The Balaban J connectivity index is 0.000000408. The van der Waals surface area contributed by atoms with Crippen LogP contribution in [-0.4, -0.2) is 47.6 Å². The zero-order valence-electron chi connectivity index (χ0n) is 23.0. The van der Waals surface area contributed by atoms with Gasteiger partial charge in [-0.05, 0) is 80.9 Å². The largest absolute Gasteiger partial charge is 0.429 e. The van der Waals surface area contributed by atoms with Gasteiger partial charge in [-0.2, -0.15) is 0 Å². The summed E-state index contributed by atoms with van der Waals surface area (Å²) in [5.41, 5.74) is 4.52. The van der Waals surface area contributed by atoms with Crippen LogP contribution in [0.2, 0.25) is 0 Å². The molecule has 1 N–H and O–H groups in total. The van der Waals surface area contributed by atoms with E-state index >= 15 is 0 Å². The zero-order chi connectivity index (χ0) is 25.8. The van der Waals surface area contributed by atoms with Gasteiger partial charge in [0.15, 0.2) is 0 Å². The Hall–Kier alpha value is -1.97. The van der Waals surface area contributed by atoms with E-state index < -0.39 is 0 Å². The normalized spacial score (nSPS) is 17.6. The number of aldehydes is 1. The van der Waals surface area contributed by atoms with Crippen molar-refractivity contribution in [3.05, 3.63) is 66.0 Å². The molecule has 0 radical (unpaired) electrons. The summed E-state index contributed by atoms with van der Waals surface area (Å²) in [5, 5.41) is 8.11. The van der Waals surface area contributed by atoms with E-state index in [1.807, 2.05) is 11.6 Å². The number of hydrogen-bond acceptors (Lipinski definition) is 4. The smallest absolute Gasteiger partial charge is 0.124 e. The fourth-order valence-electron chi connectivity index (χ4n) is 5.10. The number of carbonyl (C=O) groups excluding carboxylic acids is 1. The van der Waals surface area contributed by atoms with E-state index in [2.05, 4.69) is 72.3 Å². The second kappa shape index (κ2) is 16.8. The summed E-state index contributed by atoms with van der Waals surface area (Å²) in [7, 11) is 2.20. The Kier molecular flexibility index (Phi) is 14.2. The summed E-state index contributed by atoms with van der Waals surface area (Å²) in [6.07, 6.45) is 15.9. The maximum atomic E-state index is 10.3. The second-order valence-corrected chi connectivity index (χ2v) is 10.4.